The Kier molecular flexibility index (Phi) is 5.11. The van der Waals surface area contributed by atoms with Gasteiger partial charge in [-0.15, -0.1) is 0 Å². The van der Waals surface area contributed by atoms with Crippen molar-refractivity contribution in [1.29, 1.82) is 0 Å². The van der Waals surface area contributed by atoms with Crippen molar-refractivity contribution in [1.82, 2.24) is 4.90 Å². The molecule has 2 aromatic rings. The Balaban J connectivity index is 1.84. The highest BCUT2D eigenvalue weighted by atomic mass is 35.5. The quantitative estimate of drug-likeness (QED) is 0.427. The number of thioether (sulfide) groups is 1. The number of hydrogen-bond acceptors (Lipinski definition) is 5. The van der Waals surface area contributed by atoms with Gasteiger partial charge in [0.15, 0.2) is 0 Å². The van der Waals surface area contributed by atoms with Crippen molar-refractivity contribution < 1.29 is 14.5 Å². The molecule has 1 fully saturated rings. The molecule has 0 radical (unpaired) electrons. The second-order valence-electron chi connectivity index (χ2n) is 5.72. The summed E-state index contributed by atoms with van der Waals surface area (Å²) in [5.41, 5.74) is 2.12. The smallest absolute Gasteiger partial charge is 0.268 e. The van der Waals surface area contributed by atoms with Gasteiger partial charge >= 0.3 is 0 Å². The first-order chi connectivity index (χ1) is 12.3. The number of benzene rings is 2. The lowest BCUT2D eigenvalue weighted by atomic mass is 10.1. The monoisotopic (exact) mass is 388 g/mol. The van der Waals surface area contributed by atoms with Crippen LogP contribution in [0, 0.1) is 17.0 Å². The van der Waals surface area contributed by atoms with Crippen LogP contribution in [-0.2, 0) is 11.3 Å². The molecule has 0 bridgehead atoms. The second-order valence-corrected chi connectivity index (χ2v) is 7.12. The van der Waals surface area contributed by atoms with Gasteiger partial charge in [0.05, 0.1) is 16.4 Å². The van der Waals surface area contributed by atoms with Crippen molar-refractivity contribution in [3.63, 3.8) is 0 Å². The number of imide groups is 1. The number of carbonyl (C=O) groups is 2. The molecule has 0 spiro atoms. The largest absolute Gasteiger partial charge is 0.293 e. The van der Waals surface area contributed by atoms with E-state index in [9.17, 15) is 19.7 Å². The summed E-state index contributed by atoms with van der Waals surface area (Å²) in [4.78, 5) is 36.5. The Hall–Kier alpha value is -2.64. The summed E-state index contributed by atoms with van der Waals surface area (Å²) >= 11 is 6.60. The standard InChI is InChI=1S/C18H13ClN2O4S/c1-11-2-4-12(5-3-11)10-20-17(22)16(26-18(20)23)9-13-6-7-14(19)15(8-13)21(24)25/h2-9H,10H2,1H3/b16-9-. The van der Waals surface area contributed by atoms with Crippen LogP contribution in [0.3, 0.4) is 0 Å². The Morgan fingerprint density at radius 3 is 2.54 bits per heavy atom. The maximum absolute atomic E-state index is 12.5. The summed E-state index contributed by atoms with van der Waals surface area (Å²) in [7, 11) is 0. The fourth-order valence-corrected chi connectivity index (χ4v) is 3.45. The Morgan fingerprint density at radius 1 is 1.19 bits per heavy atom. The molecule has 1 aliphatic heterocycles. The molecule has 0 saturated carbocycles. The minimum atomic E-state index is -0.594. The first kappa shape index (κ1) is 18.2. The molecule has 1 saturated heterocycles. The summed E-state index contributed by atoms with van der Waals surface area (Å²) in [5.74, 6) is -0.418. The average molecular weight is 389 g/mol. The van der Waals surface area contributed by atoms with E-state index in [2.05, 4.69) is 0 Å². The van der Waals surface area contributed by atoms with Crippen LogP contribution in [0.2, 0.25) is 5.02 Å². The summed E-state index contributed by atoms with van der Waals surface area (Å²) in [6.45, 7) is 2.14. The zero-order valence-corrected chi connectivity index (χ0v) is 15.2. The third-order valence-electron chi connectivity index (χ3n) is 3.80. The van der Waals surface area contributed by atoms with E-state index >= 15 is 0 Å². The van der Waals surface area contributed by atoms with Crippen LogP contribution in [-0.4, -0.2) is 21.0 Å². The zero-order chi connectivity index (χ0) is 18.8. The lowest BCUT2D eigenvalue weighted by molar-refractivity contribution is -0.384. The molecule has 1 heterocycles. The molecule has 6 nitrogen and oxygen atoms in total. The predicted octanol–water partition coefficient (Wildman–Crippen LogP) is 4.79. The fraction of sp³-hybridized carbons (Fsp3) is 0.111. The van der Waals surface area contributed by atoms with Gasteiger partial charge in [-0.05, 0) is 42.0 Å². The van der Waals surface area contributed by atoms with Crippen LogP contribution >= 0.6 is 23.4 Å². The minimum absolute atomic E-state index is 0.0135. The molecule has 8 heteroatoms. The van der Waals surface area contributed by atoms with Crippen LogP contribution in [0.25, 0.3) is 6.08 Å². The van der Waals surface area contributed by atoms with E-state index in [-0.39, 0.29) is 27.4 Å². The number of carbonyl (C=O) groups excluding carboxylic acids is 2. The molecule has 3 rings (SSSR count). The summed E-state index contributed by atoms with van der Waals surface area (Å²) in [6.07, 6.45) is 1.46. The van der Waals surface area contributed by atoms with Gasteiger partial charge in [0.25, 0.3) is 16.8 Å². The van der Waals surface area contributed by atoms with Crippen molar-refractivity contribution in [2.75, 3.05) is 0 Å². The van der Waals surface area contributed by atoms with Gasteiger partial charge in [0.2, 0.25) is 0 Å². The highest BCUT2D eigenvalue weighted by Gasteiger charge is 2.35. The van der Waals surface area contributed by atoms with E-state index in [1.165, 1.54) is 18.2 Å². The van der Waals surface area contributed by atoms with Crippen LogP contribution in [0.5, 0.6) is 0 Å². The van der Waals surface area contributed by atoms with Gasteiger partial charge in [-0.2, -0.15) is 0 Å². The van der Waals surface area contributed by atoms with E-state index in [1.54, 1.807) is 6.07 Å². The number of rotatable bonds is 4. The molecule has 1 aliphatic rings. The van der Waals surface area contributed by atoms with Gasteiger partial charge in [-0.25, -0.2) is 0 Å². The van der Waals surface area contributed by atoms with Gasteiger partial charge in [0.1, 0.15) is 5.02 Å². The van der Waals surface area contributed by atoms with Gasteiger partial charge < -0.3 is 0 Å². The number of nitro benzene ring substituents is 1. The second kappa shape index (κ2) is 7.31. The van der Waals surface area contributed by atoms with E-state index in [0.717, 1.165) is 27.8 Å². The van der Waals surface area contributed by atoms with Crippen LogP contribution in [0.4, 0.5) is 10.5 Å². The molecule has 0 aromatic heterocycles. The number of amides is 2. The summed E-state index contributed by atoms with van der Waals surface area (Å²) in [5, 5.41) is 10.6. The molecular formula is C18H13ClN2O4S. The summed E-state index contributed by atoms with van der Waals surface area (Å²) in [6, 6.07) is 11.8. The number of nitrogens with zero attached hydrogens (tertiary/aromatic N) is 2. The highest BCUT2D eigenvalue weighted by Crippen LogP contribution is 2.34. The van der Waals surface area contributed by atoms with E-state index < -0.39 is 10.8 Å². The third-order valence-corrected chi connectivity index (χ3v) is 5.03. The van der Waals surface area contributed by atoms with Crippen LogP contribution < -0.4 is 0 Å². The van der Waals surface area contributed by atoms with Crippen molar-refractivity contribution in [3.8, 4) is 0 Å². The van der Waals surface area contributed by atoms with Gasteiger partial charge in [-0.1, -0.05) is 47.5 Å². The van der Waals surface area contributed by atoms with Crippen molar-refractivity contribution in [3.05, 3.63) is 79.2 Å². The molecule has 132 valence electrons. The molecule has 2 aromatic carbocycles. The normalized spacial score (nSPS) is 15.8. The van der Waals surface area contributed by atoms with Gasteiger partial charge in [0, 0.05) is 6.07 Å². The van der Waals surface area contributed by atoms with Crippen molar-refractivity contribution >= 4 is 46.3 Å². The third kappa shape index (κ3) is 3.79. The molecule has 0 unspecified atom stereocenters. The van der Waals surface area contributed by atoms with Crippen LogP contribution in [0.1, 0.15) is 16.7 Å². The first-order valence-electron chi connectivity index (χ1n) is 7.60. The van der Waals surface area contributed by atoms with Crippen molar-refractivity contribution in [2.45, 2.75) is 13.5 Å². The topological polar surface area (TPSA) is 80.5 Å². The predicted molar refractivity (Wildman–Crippen MR) is 101 cm³/mol. The Labute approximate surface area is 158 Å². The number of aryl methyl sites for hydroxylation is 1. The zero-order valence-electron chi connectivity index (χ0n) is 13.6. The molecule has 0 N–H and O–H groups in total. The molecule has 0 aliphatic carbocycles. The number of nitro groups is 1. The molecular weight excluding hydrogens is 376 g/mol. The first-order valence-corrected chi connectivity index (χ1v) is 8.79. The summed E-state index contributed by atoms with van der Waals surface area (Å²) < 4.78 is 0. The molecule has 26 heavy (non-hydrogen) atoms. The lowest BCUT2D eigenvalue weighted by Gasteiger charge is -2.12. The Bertz CT molecular complexity index is 941. The maximum atomic E-state index is 12.5. The maximum Gasteiger partial charge on any atom is 0.293 e. The number of halogens is 1. The van der Waals surface area contributed by atoms with E-state index in [0.29, 0.717) is 5.56 Å². The number of hydrogen-bond donors (Lipinski definition) is 0. The van der Waals surface area contributed by atoms with E-state index in [1.807, 2.05) is 31.2 Å². The lowest BCUT2D eigenvalue weighted by Crippen LogP contribution is -2.27. The van der Waals surface area contributed by atoms with E-state index in [4.69, 9.17) is 11.6 Å². The van der Waals surface area contributed by atoms with Crippen molar-refractivity contribution in [2.24, 2.45) is 0 Å². The Morgan fingerprint density at radius 2 is 1.88 bits per heavy atom. The minimum Gasteiger partial charge on any atom is -0.268 e. The van der Waals surface area contributed by atoms with Crippen LogP contribution in [0.15, 0.2) is 47.4 Å². The molecule has 2 amide bonds. The van der Waals surface area contributed by atoms with Gasteiger partial charge in [-0.3, -0.25) is 24.6 Å². The highest BCUT2D eigenvalue weighted by molar-refractivity contribution is 8.18. The fourth-order valence-electron chi connectivity index (χ4n) is 2.42. The average Bonchev–Trinajstić information content (AvgIpc) is 2.85. The molecule has 0 atom stereocenters. The SMILES string of the molecule is Cc1ccc(CN2C(=O)S/C(=C\c3ccc(Cl)c([N+](=O)[O-])c3)C2=O)cc1.